The third kappa shape index (κ3) is 4.97. The Morgan fingerprint density at radius 1 is 1.54 bits per heavy atom. The van der Waals surface area contributed by atoms with Gasteiger partial charge in [0.25, 0.3) is 0 Å². The monoisotopic (exact) mass is 218 g/mol. The van der Waals surface area contributed by atoms with Crippen LogP contribution in [0.3, 0.4) is 0 Å². The third-order valence-corrected chi connectivity index (χ3v) is 3.53. The molecule has 0 aliphatic heterocycles. The largest absolute Gasteiger partial charge is 0.165 e. The highest BCUT2D eigenvalue weighted by Crippen LogP contribution is 2.24. The summed E-state index contributed by atoms with van der Waals surface area (Å²) in [6, 6.07) is 0. The van der Waals surface area contributed by atoms with Gasteiger partial charge in [-0.3, -0.25) is 0 Å². The fourth-order valence-electron chi connectivity index (χ4n) is 1.77. The van der Waals surface area contributed by atoms with Gasteiger partial charge in [-0.15, -0.1) is 11.6 Å². The standard InChI is InChI=1S/C11H19ClS/c1-13-8-4-6-10-5-2-3-7-11(12)9-10/h9,11H,2-8H2,1H3. The summed E-state index contributed by atoms with van der Waals surface area (Å²) in [5.74, 6) is 1.28. The molecule has 0 saturated carbocycles. The number of rotatable bonds is 4. The van der Waals surface area contributed by atoms with E-state index >= 15 is 0 Å². The minimum absolute atomic E-state index is 0.312. The Balaban J connectivity index is 2.28. The van der Waals surface area contributed by atoms with Crippen LogP contribution in [0.2, 0.25) is 0 Å². The van der Waals surface area contributed by atoms with Crippen LogP contribution in [-0.2, 0) is 0 Å². The number of hydrogen-bond donors (Lipinski definition) is 0. The van der Waals surface area contributed by atoms with Crippen molar-refractivity contribution < 1.29 is 0 Å². The van der Waals surface area contributed by atoms with Crippen molar-refractivity contribution in [3.63, 3.8) is 0 Å². The van der Waals surface area contributed by atoms with Crippen molar-refractivity contribution in [2.45, 2.75) is 43.9 Å². The van der Waals surface area contributed by atoms with Gasteiger partial charge in [0.1, 0.15) is 0 Å². The van der Waals surface area contributed by atoms with Crippen molar-refractivity contribution in [2.24, 2.45) is 0 Å². The molecule has 1 rings (SSSR count). The van der Waals surface area contributed by atoms with Gasteiger partial charge in [-0.1, -0.05) is 18.1 Å². The van der Waals surface area contributed by atoms with Crippen molar-refractivity contribution >= 4 is 23.4 Å². The lowest BCUT2D eigenvalue weighted by atomic mass is 10.1. The average molecular weight is 219 g/mol. The lowest BCUT2D eigenvalue weighted by molar-refractivity contribution is 0.702. The first-order valence-electron chi connectivity index (χ1n) is 5.15. The highest BCUT2D eigenvalue weighted by Gasteiger charge is 2.08. The van der Waals surface area contributed by atoms with E-state index in [1.54, 1.807) is 5.57 Å². The number of allylic oxidation sites excluding steroid dienone is 2. The van der Waals surface area contributed by atoms with E-state index in [1.165, 1.54) is 44.3 Å². The molecule has 2 heteroatoms. The van der Waals surface area contributed by atoms with E-state index in [1.807, 2.05) is 11.8 Å². The van der Waals surface area contributed by atoms with Gasteiger partial charge in [0.15, 0.2) is 0 Å². The summed E-state index contributed by atoms with van der Waals surface area (Å²) in [7, 11) is 0. The van der Waals surface area contributed by atoms with Crippen LogP contribution in [0.4, 0.5) is 0 Å². The predicted octanol–water partition coefficient (Wildman–Crippen LogP) is 4.24. The van der Waals surface area contributed by atoms with Gasteiger partial charge < -0.3 is 0 Å². The van der Waals surface area contributed by atoms with Crippen molar-refractivity contribution in [3.05, 3.63) is 11.6 Å². The Morgan fingerprint density at radius 2 is 2.38 bits per heavy atom. The van der Waals surface area contributed by atoms with Gasteiger partial charge in [0.2, 0.25) is 0 Å². The number of halogens is 1. The Morgan fingerprint density at radius 3 is 3.15 bits per heavy atom. The van der Waals surface area contributed by atoms with E-state index in [-0.39, 0.29) is 0 Å². The van der Waals surface area contributed by atoms with Gasteiger partial charge in [-0.05, 0) is 44.1 Å². The minimum Gasteiger partial charge on any atom is -0.165 e. The van der Waals surface area contributed by atoms with Crippen LogP contribution in [-0.4, -0.2) is 17.4 Å². The van der Waals surface area contributed by atoms with Crippen LogP contribution >= 0.6 is 23.4 Å². The molecule has 0 amide bonds. The normalized spacial score (nSPS) is 23.8. The third-order valence-electron chi connectivity index (χ3n) is 2.49. The average Bonchev–Trinajstić information content (AvgIpc) is 2.31. The molecule has 0 nitrogen and oxygen atoms in total. The molecule has 0 saturated heterocycles. The van der Waals surface area contributed by atoms with Crippen LogP contribution in [0.15, 0.2) is 11.6 Å². The van der Waals surface area contributed by atoms with Crippen LogP contribution < -0.4 is 0 Å². The van der Waals surface area contributed by atoms with Crippen molar-refractivity contribution in [3.8, 4) is 0 Å². The molecule has 1 aliphatic rings. The molecule has 76 valence electrons. The van der Waals surface area contributed by atoms with Crippen LogP contribution in [0, 0.1) is 0 Å². The summed E-state index contributed by atoms with van der Waals surface area (Å²) in [6.07, 6.45) is 12.2. The summed E-state index contributed by atoms with van der Waals surface area (Å²) in [6.45, 7) is 0. The van der Waals surface area contributed by atoms with E-state index in [4.69, 9.17) is 11.6 Å². The predicted molar refractivity (Wildman–Crippen MR) is 63.8 cm³/mol. The maximum absolute atomic E-state index is 6.15. The number of thioether (sulfide) groups is 1. The van der Waals surface area contributed by atoms with Crippen molar-refractivity contribution in [2.75, 3.05) is 12.0 Å². The minimum atomic E-state index is 0.312. The zero-order valence-electron chi connectivity index (χ0n) is 8.39. The Kier molecular flexibility index (Phi) is 5.97. The van der Waals surface area contributed by atoms with E-state index in [0.717, 1.165) is 0 Å². The first-order chi connectivity index (χ1) is 6.33. The second-order valence-electron chi connectivity index (χ2n) is 3.68. The molecular weight excluding hydrogens is 200 g/mol. The fraction of sp³-hybridized carbons (Fsp3) is 0.818. The summed E-state index contributed by atoms with van der Waals surface area (Å²) in [4.78, 5) is 0. The Labute approximate surface area is 91.1 Å². The topological polar surface area (TPSA) is 0 Å². The van der Waals surface area contributed by atoms with Crippen molar-refractivity contribution in [1.82, 2.24) is 0 Å². The SMILES string of the molecule is CSCCCC1=CC(Cl)CCCC1. The Bertz CT molecular complexity index is 165. The molecule has 0 aromatic carbocycles. The lowest BCUT2D eigenvalue weighted by Gasteiger charge is -2.04. The van der Waals surface area contributed by atoms with Crippen molar-refractivity contribution in [1.29, 1.82) is 0 Å². The first-order valence-corrected chi connectivity index (χ1v) is 6.98. The molecule has 13 heavy (non-hydrogen) atoms. The van der Waals surface area contributed by atoms with E-state index in [0.29, 0.717) is 5.38 Å². The van der Waals surface area contributed by atoms with E-state index < -0.39 is 0 Å². The first kappa shape index (κ1) is 11.5. The molecule has 0 radical (unpaired) electrons. The second kappa shape index (κ2) is 6.78. The zero-order chi connectivity index (χ0) is 9.52. The van der Waals surface area contributed by atoms with Gasteiger partial charge in [-0.2, -0.15) is 11.8 Å². The van der Waals surface area contributed by atoms with Crippen LogP contribution in [0.5, 0.6) is 0 Å². The van der Waals surface area contributed by atoms with Gasteiger partial charge in [0, 0.05) is 0 Å². The lowest BCUT2D eigenvalue weighted by Crippen LogP contribution is -1.92. The second-order valence-corrected chi connectivity index (χ2v) is 5.23. The quantitative estimate of drug-likeness (QED) is 0.387. The molecular formula is C11H19ClS. The van der Waals surface area contributed by atoms with Crippen LogP contribution in [0.1, 0.15) is 38.5 Å². The summed E-state index contributed by atoms with van der Waals surface area (Å²) >= 11 is 8.08. The van der Waals surface area contributed by atoms with Gasteiger partial charge in [0.05, 0.1) is 5.38 Å². The summed E-state index contributed by atoms with van der Waals surface area (Å²) < 4.78 is 0. The maximum Gasteiger partial charge on any atom is 0.0518 e. The van der Waals surface area contributed by atoms with Gasteiger partial charge in [-0.25, -0.2) is 0 Å². The molecule has 0 spiro atoms. The van der Waals surface area contributed by atoms with E-state index in [2.05, 4.69) is 12.3 Å². The smallest absolute Gasteiger partial charge is 0.0518 e. The molecule has 0 fully saturated rings. The number of hydrogen-bond acceptors (Lipinski definition) is 1. The molecule has 0 aromatic heterocycles. The summed E-state index contributed by atoms with van der Waals surface area (Å²) in [5.41, 5.74) is 1.60. The number of alkyl halides is 1. The molecule has 1 atom stereocenters. The van der Waals surface area contributed by atoms with E-state index in [9.17, 15) is 0 Å². The zero-order valence-corrected chi connectivity index (χ0v) is 9.96. The molecule has 0 heterocycles. The molecule has 1 aliphatic carbocycles. The molecule has 0 aromatic rings. The molecule has 0 N–H and O–H groups in total. The molecule has 0 bridgehead atoms. The fourth-order valence-corrected chi connectivity index (χ4v) is 2.53. The highest BCUT2D eigenvalue weighted by atomic mass is 35.5. The van der Waals surface area contributed by atoms with Gasteiger partial charge >= 0.3 is 0 Å². The molecule has 1 unspecified atom stereocenters. The summed E-state index contributed by atoms with van der Waals surface area (Å²) in [5, 5.41) is 0.312. The Hall–Kier alpha value is 0.380. The highest BCUT2D eigenvalue weighted by molar-refractivity contribution is 7.98. The van der Waals surface area contributed by atoms with Crippen LogP contribution in [0.25, 0.3) is 0 Å². The maximum atomic E-state index is 6.15.